The molecule has 0 aliphatic rings. The summed E-state index contributed by atoms with van der Waals surface area (Å²) in [6.07, 6.45) is 1.58. The maximum atomic E-state index is 13.1. The van der Waals surface area contributed by atoms with Crippen LogP contribution in [0.15, 0.2) is 34.8 Å². The molecule has 0 spiro atoms. The third kappa shape index (κ3) is 5.06. The number of halogens is 1. The van der Waals surface area contributed by atoms with Crippen molar-refractivity contribution in [3.05, 3.63) is 42.0 Å². The second-order valence-electron chi connectivity index (χ2n) is 5.36. The number of anilines is 1. The maximum Gasteiger partial charge on any atom is 0.281 e. The Morgan fingerprint density at radius 2 is 2.11 bits per heavy atom. The molecule has 1 N–H and O–H groups in total. The van der Waals surface area contributed by atoms with E-state index in [1.165, 1.54) is 39.9 Å². The zero-order chi connectivity index (χ0) is 19.9. The summed E-state index contributed by atoms with van der Waals surface area (Å²) in [5.74, 6) is 0.252. The van der Waals surface area contributed by atoms with Gasteiger partial charge in [-0.15, -0.1) is 10.2 Å². The Labute approximate surface area is 169 Å². The molecule has 1 aromatic carbocycles. The molecule has 2 heterocycles. The summed E-state index contributed by atoms with van der Waals surface area (Å²) in [5.41, 5.74) is 0.712. The van der Waals surface area contributed by atoms with Gasteiger partial charge in [-0.05, 0) is 31.2 Å². The van der Waals surface area contributed by atoms with Crippen LogP contribution < -0.4 is 10.1 Å². The molecule has 148 valence electrons. The molecule has 3 aromatic rings. The SMILES string of the molecule is CCOc1cn(-c2ccc(F)cc2)nc1C(=O)Nc1nnc(SCCOC)s1. The predicted molar refractivity (Wildman–Crippen MR) is 105 cm³/mol. The molecule has 0 fully saturated rings. The van der Waals surface area contributed by atoms with Crippen molar-refractivity contribution in [3.8, 4) is 11.4 Å². The van der Waals surface area contributed by atoms with Gasteiger partial charge in [0.2, 0.25) is 5.13 Å². The van der Waals surface area contributed by atoms with Crippen molar-refractivity contribution >= 4 is 34.1 Å². The third-order valence-corrected chi connectivity index (χ3v) is 5.36. The van der Waals surface area contributed by atoms with Gasteiger partial charge in [0.1, 0.15) is 5.82 Å². The lowest BCUT2D eigenvalue weighted by molar-refractivity contribution is 0.101. The first-order valence-corrected chi connectivity index (χ1v) is 10.2. The van der Waals surface area contributed by atoms with Gasteiger partial charge in [0.25, 0.3) is 5.91 Å². The van der Waals surface area contributed by atoms with Gasteiger partial charge < -0.3 is 9.47 Å². The molecule has 0 unspecified atom stereocenters. The zero-order valence-electron chi connectivity index (χ0n) is 15.2. The van der Waals surface area contributed by atoms with Crippen LogP contribution in [0.4, 0.5) is 9.52 Å². The van der Waals surface area contributed by atoms with Crippen LogP contribution in [-0.2, 0) is 4.74 Å². The zero-order valence-corrected chi connectivity index (χ0v) is 16.8. The summed E-state index contributed by atoms with van der Waals surface area (Å²) in [7, 11) is 1.63. The smallest absolute Gasteiger partial charge is 0.281 e. The van der Waals surface area contributed by atoms with Crippen molar-refractivity contribution < 1.29 is 18.7 Å². The minimum Gasteiger partial charge on any atom is -0.490 e. The quantitative estimate of drug-likeness (QED) is 0.321. The number of carbonyl (C=O) groups is 1. The van der Waals surface area contributed by atoms with Crippen LogP contribution >= 0.6 is 23.1 Å². The Bertz CT molecular complexity index is 929. The monoisotopic (exact) mass is 423 g/mol. The molecule has 0 aliphatic carbocycles. The standard InChI is InChI=1S/C17H18FN5O3S2/c1-3-26-13-10-23(12-6-4-11(18)5-7-12)22-14(13)15(24)19-16-20-21-17(28-16)27-9-8-25-2/h4-7,10H,3,8-9H2,1-2H3,(H,19,20,24). The van der Waals surface area contributed by atoms with Gasteiger partial charge in [-0.25, -0.2) is 9.07 Å². The molecule has 0 bridgehead atoms. The van der Waals surface area contributed by atoms with Crippen LogP contribution in [0.3, 0.4) is 0 Å². The van der Waals surface area contributed by atoms with E-state index in [0.717, 1.165) is 10.1 Å². The number of ether oxygens (including phenoxy) is 2. The first-order chi connectivity index (χ1) is 13.6. The summed E-state index contributed by atoms with van der Waals surface area (Å²) in [6.45, 7) is 2.78. The Kier molecular flexibility index (Phi) is 6.95. The normalized spacial score (nSPS) is 10.8. The summed E-state index contributed by atoms with van der Waals surface area (Å²) in [5, 5.41) is 15.3. The number of nitrogens with one attached hydrogen (secondary N) is 1. The van der Waals surface area contributed by atoms with Gasteiger partial charge in [0, 0.05) is 12.9 Å². The number of rotatable bonds is 9. The molecule has 8 nitrogen and oxygen atoms in total. The van der Waals surface area contributed by atoms with E-state index in [1.807, 2.05) is 6.92 Å². The van der Waals surface area contributed by atoms with Gasteiger partial charge in [-0.3, -0.25) is 10.1 Å². The first kappa shape index (κ1) is 20.2. The van der Waals surface area contributed by atoms with Crippen molar-refractivity contribution in [1.29, 1.82) is 0 Å². The molecule has 0 atom stereocenters. The summed E-state index contributed by atoms with van der Waals surface area (Å²) >= 11 is 2.76. The topological polar surface area (TPSA) is 91.2 Å². The Morgan fingerprint density at radius 1 is 1.32 bits per heavy atom. The average Bonchev–Trinajstić information content (AvgIpc) is 3.30. The average molecular weight is 423 g/mol. The van der Waals surface area contributed by atoms with E-state index < -0.39 is 5.91 Å². The Balaban J connectivity index is 1.76. The minimum atomic E-state index is -0.464. The molecule has 0 saturated heterocycles. The van der Waals surface area contributed by atoms with E-state index >= 15 is 0 Å². The number of amides is 1. The van der Waals surface area contributed by atoms with Crippen LogP contribution in [-0.4, -0.2) is 52.0 Å². The Morgan fingerprint density at radius 3 is 2.82 bits per heavy atom. The Hall–Kier alpha value is -2.50. The molecule has 2 aromatic heterocycles. The number of carbonyl (C=O) groups excluding carboxylic acids is 1. The van der Waals surface area contributed by atoms with Gasteiger partial charge >= 0.3 is 0 Å². The number of nitrogens with zero attached hydrogens (tertiary/aromatic N) is 4. The molecule has 11 heteroatoms. The van der Waals surface area contributed by atoms with Gasteiger partial charge in [0.15, 0.2) is 15.8 Å². The lowest BCUT2D eigenvalue weighted by Gasteiger charge is -2.02. The number of methoxy groups -OCH3 is 1. The van der Waals surface area contributed by atoms with Crippen LogP contribution in [0.25, 0.3) is 5.69 Å². The molecule has 28 heavy (non-hydrogen) atoms. The van der Waals surface area contributed by atoms with E-state index in [-0.39, 0.29) is 11.5 Å². The van der Waals surface area contributed by atoms with E-state index in [9.17, 15) is 9.18 Å². The summed E-state index contributed by atoms with van der Waals surface area (Å²) in [4.78, 5) is 12.7. The van der Waals surface area contributed by atoms with Crippen molar-refractivity contribution in [2.24, 2.45) is 0 Å². The highest BCUT2D eigenvalue weighted by Crippen LogP contribution is 2.27. The molecule has 0 radical (unpaired) electrons. The van der Waals surface area contributed by atoms with E-state index in [1.54, 1.807) is 25.4 Å². The van der Waals surface area contributed by atoms with Crippen LogP contribution in [0, 0.1) is 5.82 Å². The predicted octanol–water partition coefficient (Wildman–Crippen LogP) is 3.25. The van der Waals surface area contributed by atoms with Crippen LogP contribution in [0.1, 0.15) is 17.4 Å². The molecule has 3 rings (SSSR count). The van der Waals surface area contributed by atoms with Crippen LogP contribution in [0.2, 0.25) is 0 Å². The van der Waals surface area contributed by atoms with Gasteiger partial charge in [-0.1, -0.05) is 23.1 Å². The number of aromatic nitrogens is 4. The third-order valence-electron chi connectivity index (χ3n) is 3.43. The summed E-state index contributed by atoms with van der Waals surface area (Å²) < 4.78 is 25.9. The molecular weight excluding hydrogens is 405 g/mol. The lowest BCUT2D eigenvalue weighted by atomic mass is 10.3. The molecule has 0 aliphatic heterocycles. The maximum absolute atomic E-state index is 13.1. The number of benzene rings is 1. The highest BCUT2D eigenvalue weighted by Gasteiger charge is 2.20. The van der Waals surface area contributed by atoms with Crippen LogP contribution in [0.5, 0.6) is 5.75 Å². The molecule has 0 saturated carbocycles. The summed E-state index contributed by atoms with van der Waals surface area (Å²) in [6, 6.07) is 5.77. The second-order valence-corrected chi connectivity index (χ2v) is 7.68. The number of hydrogen-bond donors (Lipinski definition) is 1. The molecule has 1 amide bonds. The number of hydrogen-bond acceptors (Lipinski definition) is 8. The highest BCUT2D eigenvalue weighted by molar-refractivity contribution is 8.01. The second kappa shape index (κ2) is 9.62. The fraction of sp³-hybridized carbons (Fsp3) is 0.294. The van der Waals surface area contributed by atoms with E-state index in [0.29, 0.717) is 29.8 Å². The van der Waals surface area contributed by atoms with Crippen molar-refractivity contribution in [2.75, 3.05) is 31.4 Å². The fourth-order valence-electron chi connectivity index (χ4n) is 2.19. The minimum absolute atomic E-state index is 0.106. The largest absolute Gasteiger partial charge is 0.490 e. The van der Waals surface area contributed by atoms with Gasteiger partial charge in [-0.2, -0.15) is 5.10 Å². The molecular formula is C17H18FN5O3S2. The number of thioether (sulfide) groups is 1. The first-order valence-electron chi connectivity index (χ1n) is 8.35. The van der Waals surface area contributed by atoms with Crippen molar-refractivity contribution in [3.63, 3.8) is 0 Å². The fourth-order valence-corrected chi connectivity index (χ4v) is 3.91. The van der Waals surface area contributed by atoms with Crippen molar-refractivity contribution in [2.45, 2.75) is 11.3 Å². The van der Waals surface area contributed by atoms with Gasteiger partial charge in [0.05, 0.1) is 25.1 Å². The highest BCUT2D eigenvalue weighted by atomic mass is 32.2. The van der Waals surface area contributed by atoms with E-state index in [2.05, 4.69) is 20.6 Å². The van der Waals surface area contributed by atoms with Crippen molar-refractivity contribution in [1.82, 2.24) is 20.0 Å². The lowest BCUT2D eigenvalue weighted by Crippen LogP contribution is -2.14. The van der Waals surface area contributed by atoms with E-state index in [4.69, 9.17) is 9.47 Å².